The number of nitrogens with zero attached hydrogens (tertiary/aromatic N) is 2. The highest BCUT2D eigenvalue weighted by Gasteiger charge is 2.18. The van der Waals surface area contributed by atoms with E-state index < -0.39 is 0 Å². The quantitative estimate of drug-likeness (QED) is 0.576. The van der Waals surface area contributed by atoms with E-state index in [0.717, 1.165) is 30.3 Å². The van der Waals surface area contributed by atoms with Gasteiger partial charge in [-0.1, -0.05) is 18.2 Å². The maximum Gasteiger partial charge on any atom is 0.261 e. The van der Waals surface area contributed by atoms with Crippen molar-refractivity contribution in [3.05, 3.63) is 76.1 Å². The Morgan fingerprint density at radius 1 is 1.21 bits per heavy atom. The standard InChI is InChI=1S/C21H23N5O2/c22-14-17-20(23-16-7-11-28-12-8-16)24-19(25-21(17)27)13-15-5-1-2-6-18(15)26-9-3-4-10-26/h1-6,9-10,14,16,22H,7-8,11-13H2,(H2,23,24,25,27). The number of aromatic amines is 1. The third-order valence-electron chi connectivity index (χ3n) is 4.94. The molecule has 1 aromatic carbocycles. The molecule has 0 atom stereocenters. The first-order valence-electron chi connectivity index (χ1n) is 9.44. The van der Waals surface area contributed by atoms with Crippen molar-refractivity contribution in [1.82, 2.24) is 14.5 Å². The first-order valence-corrected chi connectivity index (χ1v) is 9.44. The molecular formula is C21H23N5O2. The molecule has 7 heteroatoms. The molecule has 0 radical (unpaired) electrons. The molecule has 0 aliphatic carbocycles. The van der Waals surface area contributed by atoms with Gasteiger partial charge in [-0.05, 0) is 36.6 Å². The van der Waals surface area contributed by atoms with Crippen LogP contribution in [0.4, 0.5) is 5.82 Å². The highest BCUT2D eigenvalue weighted by molar-refractivity contribution is 5.83. The number of hydrogen-bond acceptors (Lipinski definition) is 5. The normalized spacial score (nSPS) is 14.7. The largest absolute Gasteiger partial charge is 0.381 e. The van der Waals surface area contributed by atoms with Gasteiger partial charge in [0, 0.05) is 50.0 Å². The van der Waals surface area contributed by atoms with E-state index in [-0.39, 0.29) is 17.2 Å². The van der Waals surface area contributed by atoms with Gasteiger partial charge in [-0.25, -0.2) is 4.98 Å². The molecule has 0 saturated carbocycles. The number of rotatable bonds is 6. The van der Waals surface area contributed by atoms with Crippen LogP contribution in [-0.4, -0.2) is 40.0 Å². The first-order chi connectivity index (χ1) is 13.7. The molecule has 1 aliphatic rings. The number of nitrogens with one attached hydrogen (secondary N) is 3. The number of para-hydroxylation sites is 1. The topological polar surface area (TPSA) is 95.8 Å². The van der Waals surface area contributed by atoms with Crippen molar-refractivity contribution in [1.29, 1.82) is 5.41 Å². The van der Waals surface area contributed by atoms with Crippen LogP contribution in [-0.2, 0) is 11.2 Å². The first kappa shape index (κ1) is 18.2. The molecule has 4 rings (SSSR count). The van der Waals surface area contributed by atoms with Crippen LogP contribution in [0.3, 0.4) is 0 Å². The van der Waals surface area contributed by atoms with Gasteiger partial charge in [-0.3, -0.25) is 4.79 Å². The van der Waals surface area contributed by atoms with Gasteiger partial charge in [0.15, 0.2) is 0 Å². The highest BCUT2D eigenvalue weighted by Crippen LogP contribution is 2.19. The van der Waals surface area contributed by atoms with Gasteiger partial charge in [0.1, 0.15) is 11.6 Å². The van der Waals surface area contributed by atoms with Crippen LogP contribution >= 0.6 is 0 Å². The smallest absolute Gasteiger partial charge is 0.261 e. The van der Waals surface area contributed by atoms with Crippen molar-refractivity contribution in [2.75, 3.05) is 18.5 Å². The lowest BCUT2D eigenvalue weighted by molar-refractivity contribution is 0.0904. The third kappa shape index (κ3) is 3.89. The van der Waals surface area contributed by atoms with Crippen molar-refractivity contribution < 1.29 is 4.74 Å². The zero-order valence-corrected chi connectivity index (χ0v) is 15.5. The van der Waals surface area contributed by atoms with Crippen LogP contribution in [0.1, 0.15) is 29.8 Å². The van der Waals surface area contributed by atoms with Crippen molar-refractivity contribution in [2.24, 2.45) is 0 Å². The fraction of sp³-hybridized carbons (Fsp3) is 0.286. The molecular weight excluding hydrogens is 354 g/mol. The molecule has 144 valence electrons. The maximum absolute atomic E-state index is 12.5. The number of hydrogen-bond donors (Lipinski definition) is 3. The Morgan fingerprint density at radius 3 is 2.71 bits per heavy atom. The summed E-state index contributed by atoms with van der Waals surface area (Å²) in [5.74, 6) is 1.05. The average molecular weight is 377 g/mol. The van der Waals surface area contributed by atoms with Gasteiger partial charge >= 0.3 is 0 Å². The van der Waals surface area contributed by atoms with Crippen LogP contribution < -0.4 is 10.9 Å². The van der Waals surface area contributed by atoms with Crippen LogP contribution in [0.15, 0.2) is 53.6 Å². The number of H-pyrrole nitrogens is 1. The second-order valence-electron chi connectivity index (χ2n) is 6.85. The van der Waals surface area contributed by atoms with Gasteiger partial charge in [-0.15, -0.1) is 0 Å². The summed E-state index contributed by atoms with van der Waals surface area (Å²) in [6, 6.07) is 12.2. The lowest BCUT2D eigenvalue weighted by Crippen LogP contribution is -2.30. The number of anilines is 1. The van der Waals surface area contributed by atoms with E-state index in [4.69, 9.17) is 10.1 Å². The van der Waals surface area contributed by atoms with Crippen LogP contribution in [0, 0.1) is 5.41 Å². The van der Waals surface area contributed by atoms with Crippen molar-refractivity contribution in [3.63, 3.8) is 0 Å². The Kier molecular flexibility index (Phi) is 5.34. The van der Waals surface area contributed by atoms with Gasteiger partial charge in [0.05, 0.1) is 5.56 Å². The molecule has 1 saturated heterocycles. The SMILES string of the molecule is N=Cc1c(NC2CCOCC2)nc(Cc2ccccc2-n2cccc2)[nH]c1=O. The summed E-state index contributed by atoms with van der Waals surface area (Å²) in [5, 5.41) is 11.0. The molecule has 28 heavy (non-hydrogen) atoms. The van der Waals surface area contributed by atoms with Gasteiger partial charge in [-0.2, -0.15) is 0 Å². The summed E-state index contributed by atoms with van der Waals surface area (Å²) in [6.07, 6.45) is 7.25. The molecule has 1 aliphatic heterocycles. The molecule has 3 aromatic rings. The Bertz CT molecular complexity index is 1000. The molecule has 2 aromatic heterocycles. The van der Waals surface area contributed by atoms with E-state index in [0.29, 0.717) is 31.3 Å². The van der Waals surface area contributed by atoms with Crippen LogP contribution in [0.5, 0.6) is 0 Å². The highest BCUT2D eigenvalue weighted by atomic mass is 16.5. The van der Waals surface area contributed by atoms with E-state index in [1.54, 1.807) is 0 Å². The van der Waals surface area contributed by atoms with Gasteiger partial charge in [0.2, 0.25) is 0 Å². The number of ether oxygens (including phenoxy) is 1. The van der Waals surface area contributed by atoms with E-state index in [9.17, 15) is 4.79 Å². The Labute approximate surface area is 162 Å². The van der Waals surface area contributed by atoms with E-state index in [2.05, 4.69) is 15.3 Å². The number of aromatic nitrogens is 3. The summed E-state index contributed by atoms with van der Waals surface area (Å²) in [5.41, 5.74) is 2.06. The van der Waals surface area contributed by atoms with Crippen molar-refractivity contribution in [3.8, 4) is 5.69 Å². The van der Waals surface area contributed by atoms with Gasteiger partial charge in [0.25, 0.3) is 5.56 Å². The predicted molar refractivity (Wildman–Crippen MR) is 109 cm³/mol. The van der Waals surface area contributed by atoms with Crippen molar-refractivity contribution in [2.45, 2.75) is 25.3 Å². The summed E-state index contributed by atoms with van der Waals surface area (Å²) in [7, 11) is 0. The molecule has 0 bridgehead atoms. The second kappa shape index (κ2) is 8.22. The summed E-state index contributed by atoms with van der Waals surface area (Å²) < 4.78 is 7.44. The van der Waals surface area contributed by atoms with Gasteiger partial charge < -0.3 is 25.0 Å². The fourth-order valence-corrected chi connectivity index (χ4v) is 3.48. The molecule has 0 spiro atoms. The van der Waals surface area contributed by atoms with Crippen LogP contribution in [0.2, 0.25) is 0 Å². The average Bonchev–Trinajstić information content (AvgIpc) is 3.24. The second-order valence-corrected chi connectivity index (χ2v) is 6.85. The molecule has 1 fully saturated rings. The Balaban J connectivity index is 1.66. The summed E-state index contributed by atoms with van der Waals surface area (Å²) >= 11 is 0. The zero-order valence-electron chi connectivity index (χ0n) is 15.5. The van der Waals surface area contributed by atoms with Crippen molar-refractivity contribution >= 4 is 12.0 Å². The maximum atomic E-state index is 12.5. The number of benzene rings is 1. The third-order valence-corrected chi connectivity index (χ3v) is 4.94. The predicted octanol–water partition coefficient (Wildman–Crippen LogP) is 2.74. The monoisotopic (exact) mass is 377 g/mol. The molecule has 0 amide bonds. The minimum absolute atomic E-state index is 0.196. The Hall–Kier alpha value is -3.19. The zero-order chi connectivity index (χ0) is 19.3. The lowest BCUT2D eigenvalue weighted by Gasteiger charge is -2.24. The van der Waals surface area contributed by atoms with E-state index in [1.807, 2.05) is 53.4 Å². The molecule has 0 unspecified atom stereocenters. The fourth-order valence-electron chi connectivity index (χ4n) is 3.48. The van der Waals surface area contributed by atoms with Crippen LogP contribution in [0.25, 0.3) is 5.69 Å². The minimum Gasteiger partial charge on any atom is -0.381 e. The van der Waals surface area contributed by atoms with E-state index >= 15 is 0 Å². The lowest BCUT2D eigenvalue weighted by atomic mass is 10.1. The van der Waals surface area contributed by atoms with E-state index in [1.165, 1.54) is 0 Å². The molecule has 7 nitrogen and oxygen atoms in total. The Morgan fingerprint density at radius 2 is 1.96 bits per heavy atom. The minimum atomic E-state index is -0.298. The molecule has 3 heterocycles. The summed E-state index contributed by atoms with van der Waals surface area (Å²) in [4.78, 5) is 20.0. The summed E-state index contributed by atoms with van der Waals surface area (Å²) in [6.45, 7) is 1.38. The molecule has 3 N–H and O–H groups in total.